The van der Waals surface area contributed by atoms with Gasteiger partial charge in [-0.25, -0.2) is 0 Å². The quantitative estimate of drug-likeness (QED) is 0.698. The van der Waals surface area contributed by atoms with Crippen molar-refractivity contribution >= 4 is 11.6 Å². The Morgan fingerprint density at radius 2 is 1.42 bits per heavy atom. The van der Waals surface area contributed by atoms with Gasteiger partial charge in [0.2, 0.25) is 0 Å². The van der Waals surface area contributed by atoms with Crippen LogP contribution in [-0.4, -0.2) is 11.6 Å². The summed E-state index contributed by atoms with van der Waals surface area (Å²) in [6, 6.07) is 12.6. The van der Waals surface area contributed by atoms with Gasteiger partial charge >= 0.3 is 0 Å². The van der Waals surface area contributed by atoms with Crippen molar-refractivity contribution in [1.82, 2.24) is 0 Å². The van der Waals surface area contributed by atoms with E-state index in [4.69, 9.17) is 0 Å². The SMILES string of the molecule is CCCc1cccc2c1C(=O)c1ccccc1C2=O. The van der Waals surface area contributed by atoms with Crippen LogP contribution in [0.1, 0.15) is 50.8 Å². The topological polar surface area (TPSA) is 34.1 Å². The number of hydrogen-bond acceptors (Lipinski definition) is 2. The van der Waals surface area contributed by atoms with Crippen molar-refractivity contribution in [3.05, 3.63) is 70.3 Å². The third-order valence-electron chi connectivity index (χ3n) is 3.56. The van der Waals surface area contributed by atoms with Gasteiger partial charge < -0.3 is 0 Å². The number of carbonyl (C=O) groups is 2. The first-order valence-electron chi connectivity index (χ1n) is 6.54. The van der Waals surface area contributed by atoms with E-state index in [1.165, 1.54) is 0 Å². The number of ketones is 2. The molecule has 2 heteroatoms. The Morgan fingerprint density at radius 1 is 0.789 bits per heavy atom. The lowest BCUT2D eigenvalue weighted by atomic mass is 9.81. The fraction of sp³-hybridized carbons (Fsp3) is 0.176. The summed E-state index contributed by atoms with van der Waals surface area (Å²) in [6.45, 7) is 2.07. The average Bonchev–Trinajstić information content (AvgIpc) is 2.45. The van der Waals surface area contributed by atoms with Crippen LogP contribution in [0.3, 0.4) is 0 Å². The highest BCUT2D eigenvalue weighted by atomic mass is 16.1. The van der Waals surface area contributed by atoms with Gasteiger partial charge in [0.1, 0.15) is 0 Å². The molecule has 0 amide bonds. The Kier molecular flexibility index (Phi) is 2.79. The Bertz CT molecular complexity index is 683. The highest BCUT2D eigenvalue weighted by Gasteiger charge is 2.30. The molecule has 0 saturated heterocycles. The van der Waals surface area contributed by atoms with Crippen LogP contribution in [0.4, 0.5) is 0 Å². The molecule has 0 unspecified atom stereocenters. The third kappa shape index (κ3) is 1.72. The standard InChI is InChI=1S/C17H14O2/c1-2-6-11-7-5-10-14-15(11)17(19)13-9-4-3-8-12(13)16(14)18/h3-5,7-10H,2,6H2,1H3. The van der Waals surface area contributed by atoms with Gasteiger partial charge in [0.15, 0.2) is 11.6 Å². The molecule has 2 nitrogen and oxygen atoms in total. The summed E-state index contributed by atoms with van der Waals surface area (Å²) in [7, 11) is 0. The maximum Gasteiger partial charge on any atom is 0.194 e. The molecule has 0 spiro atoms. The van der Waals surface area contributed by atoms with Gasteiger partial charge in [0, 0.05) is 22.3 Å². The molecule has 0 atom stereocenters. The lowest BCUT2D eigenvalue weighted by molar-refractivity contribution is 0.0978. The number of rotatable bonds is 2. The van der Waals surface area contributed by atoms with Crippen LogP contribution in [0, 0.1) is 0 Å². The van der Waals surface area contributed by atoms with E-state index in [0.717, 1.165) is 18.4 Å². The molecule has 19 heavy (non-hydrogen) atoms. The van der Waals surface area contributed by atoms with E-state index in [9.17, 15) is 9.59 Å². The third-order valence-corrected chi connectivity index (χ3v) is 3.56. The largest absolute Gasteiger partial charge is 0.289 e. The Balaban J connectivity index is 2.27. The van der Waals surface area contributed by atoms with Gasteiger partial charge in [-0.3, -0.25) is 9.59 Å². The van der Waals surface area contributed by atoms with Gasteiger partial charge in [0.05, 0.1) is 0 Å². The summed E-state index contributed by atoms with van der Waals surface area (Å²) in [6.07, 6.45) is 1.78. The predicted octanol–water partition coefficient (Wildman–Crippen LogP) is 3.41. The minimum atomic E-state index is -0.0387. The molecular formula is C17H14O2. The maximum atomic E-state index is 12.6. The summed E-state index contributed by atoms with van der Waals surface area (Å²) in [5.41, 5.74) is 3.19. The molecule has 0 radical (unpaired) electrons. The summed E-state index contributed by atoms with van der Waals surface area (Å²) < 4.78 is 0. The minimum Gasteiger partial charge on any atom is -0.289 e. The Morgan fingerprint density at radius 3 is 2.11 bits per heavy atom. The van der Waals surface area contributed by atoms with Gasteiger partial charge in [-0.05, 0) is 12.0 Å². The van der Waals surface area contributed by atoms with E-state index in [0.29, 0.717) is 22.3 Å². The summed E-state index contributed by atoms with van der Waals surface area (Å²) in [5, 5.41) is 0. The van der Waals surface area contributed by atoms with Crippen LogP contribution in [0.2, 0.25) is 0 Å². The molecule has 0 aromatic heterocycles. The van der Waals surface area contributed by atoms with Crippen LogP contribution in [0.25, 0.3) is 0 Å². The summed E-state index contributed by atoms with van der Waals surface area (Å²) in [4.78, 5) is 25.1. The predicted molar refractivity (Wildman–Crippen MR) is 73.7 cm³/mol. The number of aryl methyl sites for hydroxylation is 1. The van der Waals surface area contributed by atoms with E-state index in [-0.39, 0.29) is 11.6 Å². The molecule has 0 N–H and O–H groups in total. The average molecular weight is 250 g/mol. The van der Waals surface area contributed by atoms with Crippen molar-refractivity contribution < 1.29 is 9.59 Å². The molecule has 0 saturated carbocycles. The maximum absolute atomic E-state index is 12.6. The van der Waals surface area contributed by atoms with Crippen LogP contribution in [0.5, 0.6) is 0 Å². The van der Waals surface area contributed by atoms with E-state index in [1.807, 2.05) is 12.1 Å². The molecular weight excluding hydrogens is 236 g/mol. The molecule has 3 rings (SSSR count). The van der Waals surface area contributed by atoms with Gasteiger partial charge in [-0.1, -0.05) is 55.8 Å². The van der Waals surface area contributed by atoms with Crippen molar-refractivity contribution in [3.8, 4) is 0 Å². The lowest BCUT2D eigenvalue weighted by Crippen LogP contribution is -2.22. The second kappa shape index (κ2) is 4.47. The fourth-order valence-corrected chi connectivity index (χ4v) is 2.69. The smallest absolute Gasteiger partial charge is 0.194 e. The first-order valence-corrected chi connectivity index (χ1v) is 6.54. The zero-order valence-corrected chi connectivity index (χ0v) is 10.8. The van der Waals surface area contributed by atoms with E-state index in [1.54, 1.807) is 30.3 Å². The summed E-state index contributed by atoms with van der Waals surface area (Å²) in [5.74, 6) is -0.0580. The molecule has 0 fully saturated rings. The molecule has 0 bridgehead atoms. The molecule has 0 heterocycles. The van der Waals surface area contributed by atoms with Gasteiger partial charge in [-0.15, -0.1) is 0 Å². The number of hydrogen-bond donors (Lipinski definition) is 0. The minimum absolute atomic E-state index is 0.0192. The number of carbonyl (C=O) groups excluding carboxylic acids is 2. The van der Waals surface area contributed by atoms with Crippen molar-refractivity contribution in [2.45, 2.75) is 19.8 Å². The Labute approximate surface area is 112 Å². The molecule has 0 aliphatic heterocycles. The number of benzene rings is 2. The van der Waals surface area contributed by atoms with Crippen LogP contribution in [-0.2, 0) is 6.42 Å². The summed E-state index contributed by atoms with van der Waals surface area (Å²) >= 11 is 0. The fourth-order valence-electron chi connectivity index (χ4n) is 2.69. The molecule has 94 valence electrons. The first-order chi connectivity index (χ1) is 9.24. The van der Waals surface area contributed by atoms with Crippen molar-refractivity contribution in [1.29, 1.82) is 0 Å². The lowest BCUT2D eigenvalue weighted by Gasteiger charge is -2.19. The van der Waals surface area contributed by atoms with Crippen LogP contribution < -0.4 is 0 Å². The van der Waals surface area contributed by atoms with E-state index < -0.39 is 0 Å². The zero-order valence-electron chi connectivity index (χ0n) is 10.8. The first kappa shape index (κ1) is 11.8. The van der Waals surface area contributed by atoms with Crippen molar-refractivity contribution in [3.63, 3.8) is 0 Å². The van der Waals surface area contributed by atoms with Crippen LogP contribution in [0.15, 0.2) is 42.5 Å². The zero-order chi connectivity index (χ0) is 13.4. The Hall–Kier alpha value is -2.22. The second-order valence-electron chi connectivity index (χ2n) is 4.79. The van der Waals surface area contributed by atoms with E-state index in [2.05, 4.69) is 6.92 Å². The van der Waals surface area contributed by atoms with Crippen LogP contribution >= 0.6 is 0 Å². The van der Waals surface area contributed by atoms with Crippen molar-refractivity contribution in [2.24, 2.45) is 0 Å². The molecule has 2 aromatic rings. The second-order valence-corrected chi connectivity index (χ2v) is 4.79. The van der Waals surface area contributed by atoms with Crippen molar-refractivity contribution in [2.75, 3.05) is 0 Å². The van der Waals surface area contributed by atoms with Gasteiger partial charge in [-0.2, -0.15) is 0 Å². The monoisotopic (exact) mass is 250 g/mol. The molecule has 2 aromatic carbocycles. The molecule has 1 aliphatic rings. The highest BCUT2D eigenvalue weighted by Crippen LogP contribution is 2.29. The molecule has 1 aliphatic carbocycles. The van der Waals surface area contributed by atoms with Gasteiger partial charge in [0.25, 0.3) is 0 Å². The van der Waals surface area contributed by atoms with E-state index >= 15 is 0 Å². The highest BCUT2D eigenvalue weighted by molar-refractivity contribution is 6.28. The number of fused-ring (bicyclic) bond motifs is 2. The normalized spacial score (nSPS) is 13.1.